The zero-order valence-corrected chi connectivity index (χ0v) is 8.17. The molecular weight excluding hydrogens is 207 g/mol. The van der Waals surface area contributed by atoms with Crippen LogP contribution in [0.2, 0.25) is 0 Å². The molecule has 1 atom stereocenters. The lowest BCUT2D eigenvalue weighted by molar-refractivity contribution is -0.136. The lowest BCUT2D eigenvalue weighted by atomic mass is 10.3. The van der Waals surface area contributed by atoms with Gasteiger partial charge >= 0.3 is 14.2 Å². The van der Waals surface area contributed by atoms with Crippen LogP contribution in [0.15, 0.2) is 30.3 Å². The normalized spacial score (nSPS) is 11.8. The lowest BCUT2D eigenvalue weighted by Crippen LogP contribution is -2.11. The Morgan fingerprint density at radius 1 is 1.36 bits per heavy atom. The Bertz CT molecular complexity index is 324. The first-order valence-corrected chi connectivity index (χ1v) is 5.06. The van der Waals surface area contributed by atoms with E-state index < -0.39 is 14.2 Å². The minimum absolute atomic E-state index is 0.374. The molecule has 76 valence electrons. The summed E-state index contributed by atoms with van der Waals surface area (Å²) >= 11 is 0. The first-order chi connectivity index (χ1) is 6.68. The summed E-state index contributed by atoms with van der Waals surface area (Å²) in [5, 5.41) is 0. The van der Waals surface area contributed by atoms with Crippen molar-refractivity contribution in [2.75, 3.05) is 6.61 Å². The summed E-state index contributed by atoms with van der Waals surface area (Å²) in [6.45, 7) is -0.374. The second kappa shape index (κ2) is 5.42. The van der Waals surface area contributed by atoms with Gasteiger partial charge in [0.1, 0.15) is 5.75 Å². The van der Waals surface area contributed by atoms with Crippen LogP contribution in [0.5, 0.6) is 5.75 Å². The maximum atomic E-state index is 10.7. The molecule has 0 spiro atoms. The third kappa shape index (κ3) is 4.07. The molecule has 0 saturated heterocycles. The summed E-state index contributed by atoms with van der Waals surface area (Å²) in [6, 6.07) is 8.62. The molecular formula is C8H9O5P. The summed E-state index contributed by atoms with van der Waals surface area (Å²) in [5.41, 5.74) is 0. The van der Waals surface area contributed by atoms with Gasteiger partial charge in [0.05, 0.1) is 0 Å². The Kier molecular flexibility index (Phi) is 4.16. The van der Waals surface area contributed by atoms with Gasteiger partial charge in [0.15, 0.2) is 6.61 Å². The van der Waals surface area contributed by atoms with E-state index in [2.05, 4.69) is 4.52 Å². The number of ether oxygens (including phenoxy) is 1. The van der Waals surface area contributed by atoms with Gasteiger partial charge < -0.3 is 14.2 Å². The molecule has 1 aromatic carbocycles. The summed E-state index contributed by atoms with van der Waals surface area (Å²) in [7, 11) is -3.22. The summed E-state index contributed by atoms with van der Waals surface area (Å²) < 4.78 is 19.1. The predicted octanol–water partition coefficient (Wildman–Crippen LogP) is 0.991. The number of carbonyl (C=O) groups excluding carboxylic acids is 1. The highest BCUT2D eigenvalue weighted by molar-refractivity contribution is 7.32. The minimum atomic E-state index is -3.22. The van der Waals surface area contributed by atoms with Crippen molar-refractivity contribution < 1.29 is 23.5 Å². The van der Waals surface area contributed by atoms with E-state index in [1.165, 1.54) is 0 Å². The maximum absolute atomic E-state index is 10.7. The van der Waals surface area contributed by atoms with Gasteiger partial charge in [-0.25, -0.2) is 9.36 Å². The minimum Gasteiger partial charge on any atom is -0.482 e. The van der Waals surface area contributed by atoms with Crippen molar-refractivity contribution >= 4 is 14.2 Å². The Morgan fingerprint density at radius 3 is 2.57 bits per heavy atom. The number of hydrogen-bond donors (Lipinski definition) is 1. The van der Waals surface area contributed by atoms with E-state index in [4.69, 9.17) is 9.63 Å². The van der Waals surface area contributed by atoms with Crippen LogP contribution in [-0.4, -0.2) is 17.5 Å². The molecule has 0 amide bonds. The van der Waals surface area contributed by atoms with Crippen LogP contribution in [0, 0.1) is 0 Å². The van der Waals surface area contributed by atoms with Crippen molar-refractivity contribution in [1.29, 1.82) is 0 Å². The van der Waals surface area contributed by atoms with Gasteiger partial charge in [-0.2, -0.15) is 0 Å². The molecule has 0 aliphatic rings. The van der Waals surface area contributed by atoms with Crippen molar-refractivity contribution in [2.24, 2.45) is 0 Å². The monoisotopic (exact) mass is 216 g/mol. The Balaban J connectivity index is 2.34. The highest BCUT2D eigenvalue weighted by Gasteiger charge is 2.05. The largest absolute Gasteiger partial charge is 0.482 e. The highest BCUT2D eigenvalue weighted by atomic mass is 31.1. The van der Waals surface area contributed by atoms with E-state index in [0.717, 1.165) is 0 Å². The van der Waals surface area contributed by atoms with Gasteiger partial charge in [0, 0.05) is 0 Å². The van der Waals surface area contributed by atoms with E-state index in [1.54, 1.807) is 30.3 Å². The topological polar surface area (TPSA) is 72.8 Å². The van der Waals surface area contributed by atoms with E-state index in [9.17, 15) is 9.36 Å². The van der Waals surface area contributed by atoms with Gasteiger partial charge in [-0.3, -0.25) is 0 Å². The third-order valence-electron chi connectivity index (χ3n) is 1.30. The molecule has 0 saturated carbocycles. The predicted molar refractivity (Wildman–Crippen MR) is 49.2 cm³/mol. The van der Waals surface area contributed by atoms with Gasteiger partial charge in [-0.1, -0.05) is 18.2 Å². The van der Waals surface area contributed by atoms with E-state index in [1.807, 2.05) is 0 Å². The quantitative estimate of drug-likeness (QED) is 0.759. The molecule has 1 aromatic rings. The van der Waals surface area contributed by atoms with Crippen LogP contribution in [0.25, 0.3) is 0 Å². The van der Waals surface area contributed by atoms with Crippen molar-refractivity contribution in [2.45, 2.75) is 0 Å². The van der Waals surface area contributed by atoms with E-state index in [-0.39, 0.29) is 6.61 Å². The molecule has 5 nitrogen and oxygen atoms in total. The molecule has 0 aliphatic carbocycles. The summed E-state index contributed by atoms with van der Waals surface area (Å²) in [6.07, 6.45) is 0. The van der Waals surface area contributed by atoms with Gasteiger partial charge in [0.2, 0.25) is 0 Å². The standard InChI is InChI=1S/C8H9O5P/c9-8(13-14(10)11)6-12-7-4-2-1-3-5-7/h1-5,14H,6H2,(H,10,11). The molecule has 1 rings (SSSR count). The summed E-state index contributed by atoms with van der Waals surface area (Å²) in [4.78, 5) is 19.0. The average Bonchev–Trinajstić information content (AvgIpc) is 2.15. The van der Waals surface area contributed by atoms with Crippen molar-refractivity contribution in [3.63, 3.8) is 0 Å². The molecule has 0 radical (unpaired) electrons. The number of benzene rings is 1. The molecule has 0 aromatic heterocycles. The van der Waals surface area contributed by atoms with Crippen LogP contribution in [0.3, 0.4) is 0 Å². The zero-order valence-electron chi connectivity index (χ0n) is 7.17. The number of rotatable bonds is 4. The molecule has 0 bridgehead atoms. The third-order valence-corrected chi connectivity index (χ3v) is 1.70. The molecule has 6 heteroatoms. The van der Waals surface area contributed by atoms with Gasteiger partial charge in [-0.15, -0.1) is 0 Å². The second-order valence-electron chi connectivity index (χ2n) is 2.34. The SMILES string of the molecule is O=C(COc1ccccc1)O[PH](=O)O. The first-order valence-electron chi connectivity index (χ1n) is 3.80. The van der Waals surface area contributed by atoms with Crippen molar-refractivity contribution in [3.05, 3.63) is 30.3 Å². The van der Waals surface area contributed by atoms with Gasteiger partial charge in [0.25, 0.3) is 0 Å². The van der Waals surface area contributed by atoms with E-state index >= 15 is 0 Å². The fraction of sp³-hybridized carbons (Fsp3) is 0.125. The molecule has 1 N–H and O–H groups in total. The molecule has 14 heavy (non-hydrogen) atoms. The van der Waals surface area contributed by atoms with Crippen LogP contribution >= 0.6 is 8.25 Å². The maximum Gasteiger partial charge on any atom is 0.367 e. The highest BCUT2D eigenvalue weighted by Crippen LogP contribution is 2.15. The zero-order chi connectivity index (χ0) is 10.4. The molecule has 0 heterocycles. The fourth-order valence-corrected chi connectivity index (χ4v) is 1.04. The van der Waals surface area contributed by atoms with Crippen LogP contribution in [0.4, 0.5) is 0 Å². The Labute approximate surface area is 81.2 Å². The van der Waals surface area contributed by atoms with Gasteiger partial charge in [-0.05, 0) is 12.1 Å². The average molecular weight is 216 g/mol. The fourth-order valence-electron chi connectivity index (χ4n) is 0.786. The van der Waals surface area contributed by atoms with Crippen LogP contribution in [-0.2, 0) is 13.9 Å². The smallest absolute Gasteiger partial charge is 0.367 e. The number of para-hydroxylation sites is 1. The molecule has 0 aliphatic heterocycles. The van der Waals surface area contributed by atoms with Crippen molar-refractivity contribution in [1.82, 2.24) is 0 Å². The summed E-state index contributed by atoms with van der Waals surface area (Å²) in [5.74, 6) is -0.359. The lowest BCUT2D eigenvalue weighted by Gasteiger charge is -2.03. The second-order valence-corrected chi connectivity index (χ2v) is 3.08. The number of hydrogen-bond acceptors (Lipinski definition) is 4. The Hall–Kier alpha value is -1.32. The Morgan fingerprint density at radius 2 is 2.00 bits per heavy atom. The number of carbonyl (C=O) groups is 1. The molecule has 1 unspecified atom stereocenters. The van der Waals surface area contributed by atoms with Crippen LogP contribution in [0.1, 0.15) is 0 Å². The first kappa shape index (κ1) is 10.8. The van der Waals surface area contributed by atoms with Crippen molar-refractivity contribution in [3.8, 4) is 5.75 Å². The van der Waals surface area contributed by atoms with E-state index in [0.29, 0.717) is 5.75 Å². The molecule has 0 fully saturated rings. The van der Waals surface area contributed by atoms with Crippen LogP contribution < -0.4 is 4.74 Å².